The van der Waals surface area contributed by atoms with E-state index in [1.165, 1.54) is 6.07 Å². The van der Waals surface area contributed by atoms with E-state index in [1.54, 1.807) is 18.2 Å². The third-order valence-electron chi connectivity index (χ3n) is 6.95. The third kappa shape index (κ3) is 5.32. The van der Waals surface area contributed by atoms with E-state index in [1.807, 2.05) is 68.5 Å². The molecule has 0 saturated heterocycles. The molecule has 3 N–H and O–H groups in total. The smallest absolute Gasteiger partial charge is 0.227 e. The van der Waals surface area contributed by atoms with Gasteiger partial charge < -0.3 is 10.3 Å². The molecule has 1 saturated carbocycles. The van der Waals surface area contributed by atoms with Crippen LogP contribution in [-0.4, -0.2) is 21.1 Å². The summed E-state index contributed by atoms with van der Waals surface area (Å²) in [5.41, 5.74) is 6.03. The van der Waals surface area contributed by atoms with Gasteiger partial charge >= 0.3 is 0 Å². The molecule has 2 aromatic carbocycles. The first-order valence-corrected chi connectivity index (χ1v) is 13.0. The highest BCUT2D eigenvalue weighted by Crippen LogP contribution is 2.32. The Labute approximate surface area is 226 Å². The zero-order valence-corrected chi connectivity index (χ0v) is 22.1. The zero-order valence-electron chi connectivity index (χ0n) is 22.1. The van der Waals surface area contributed by atoms with Crippen molar-refractivity contribution in [2.45, 2.75) is 26.7 Å². The Kier molecular flexibility index (Phi) is 7.28. The number of allylic oxidation sites excluding steroid dienone is 5. The van der Waals surface area contributed by atoms with Crippen molar-refractivity contribution < 1.29 is 9.18 Å². The standard InChI is InChI=1S/C33H31FN4O/c1-5-21(18-23(6-2)35-33(39)22-15-16-22)20(4)17-27-29(7-3)37-38-32(27)31-19-26-24(12-10-14-30(26)36-31)25-11-8-9-13-28(25)34/h5-14,17-19,22,36-37H,2,4,15-16H2,1,3H3,(H,35,39)/b21-5+,23-18+,27-17+,29-7+. The van der Waals surface area contributed by atoms with E-state index >= 15 is 0 Å². The van der Waals surface area contributed by atoms with Gasteiger partial charge in [-0.25, -0.2) is 4.39 Å². The average molecular weight is 519 g/mol. The second-order valence-electron chi connectivity index (χ2n) is 9.60. The van der Waals surface area contributed by atoms with Gasteiger partial charge in [-0.05, 0) is 79.8 Å². The van der Waals surface area contributed by atoms with Crippen molar-refractivity contribution >= 4 is 29.0 Å². The number of hydrogen-bond donors (Lipinski definition) is 3. The number of fused-ring (bicyclic) bond motifs is 1. The number of amides is 1. The Morgan fingerprint density at radius 1 is 1.13 bits per heavy atom. The molecule has 2 heterocycles. The number of nitrogens with one attached hydrogen (secondary N) is 3. The van der Waals surface area contributed by atoms with Crippen molar-refractivity contribution in [3.05, 3.63) is 113 Å². The molecule has 5 rings (SSSR count). The van der Waals surface area contributed by atoms with Crippen molar-refractivity contribution in [1.29, 1.82) is 0 Å². The van der Waals surface area contributed by atoms with E-state index < -0.39 is 0 Å². The number of aromatic amines is 2. The molecule has 1 fully saturated rings. The molecule has 0 bridgehead atoms. The number of carbonyl (C=O) groups excluding carboxylic acids is 1. The summed E-state index contributed by atoms with van der Waals surface area (Å²) < 4.78 is 14.6. The molecule has 1 amide bonds. The number of H-pyrrole nitrogens is 2. The van der Waals surface area contributed by atoms with E-state index in [0.29, 0.717) is 11.3 Å². The van der Waals surface area contributed by atoms with E-state index in [0.717, 1.165) is 62.4 Å². The molecule has 5 nitrogen and oxygen atoms in total. The summed E-state index contributed by atoms with van der Waals surface area (Å²) in [6.07, 6.45) is 11.3. The number of carbonyl (C=O) groups is 1. The summed E-state index contributed by atoms with van der Waals surface area (Å²) in [5, 5.41) is 13.3. The van der Waals surface area contributed by atoms with Crippen molar-refractivity contribution in [3.8, 4) is 22.5 Å². The van der Waals surface area contributed by atoms with Crippen LogP contribution >= 0.6 is 0 Å². The maximum atomic E-state index is 14.6. The molecular weight excluding hydrogens is 487 g/mol. The van der Waals surface area contributed by atoms with Gasteiger partial charge in [-0.15, -0.1) is 0 Å². The summed E-state index contributed by atoms with van der Waals surface area (Å²) in [5.74, 6) is -0.136. The van der Waals surface area contributed by atoms with Gasteiger partial charge in [0.25, 0.3) is 0 Å². The fraction of sp³-hybridized carbons (Fsp3) is 0.152. The quantitative estimate of drug-likeness (QED) is 0.249. The fourth-order valence-corrected chi connectivity index (χ4v) is 4.66. The Morgan fingerprint density at radius 2 is 1.90 bits per heavy atom. The lowest BCUT2D eigenvalue weighted by Gasteiger charge is -2.08. The van der Waals surface area contributed by atoms with Gasteiger partial charge in [0.2, 0.25) is 5.91 Å². The Balaban J connectivity index is 1.55. The van der Waals surface area contributed by atoms with Crippen LogP contribution in [0.2, 0.25) is 0 Å². The topological polar surface area (TPSA) is 73.6 Å². The van der Waals surface area contributed by atoms with E-state index in [-0.39, 0.29) is 17.6 Å². The first kappa shape index (κ1) is 25.9. The summed E-state index contributed by atoms with van der Waals surface area (Å²) in [6, 6.07) is 14.6. The lowest BCUT2D eigenvalue weighted by molar-refractivity contribution is -0.121. The van der Waals surface area contributed by atoms with Crippen LogP contribution in [0.1, 0.15) is 26.7 Å². The summed E-state index contributed by atoms with van der Waals surface area (Å²) in [4.78, 5) is 15.7. The Hall–Kier alpha value is -4.71. The maximum Gasteiger partial charge on any atom is 0.227 e. The first-order valence-electron chi connectivity index (χ1n) is 13.0. The molecule has 6 heteroatoms. The van der Waals surface area contributed by atoms with Crippen LogP contribution in [0.15, 0.2) is 96.8 Å². The molecule has 39 heavy (non-hydrogen) atoms. The molecule has 2 aromatic heterocycles. The summed E-state index contributed by atoms with van der Waals surface area (Å²) in [7, 11) is 0. The lowest BCUT2D eigenvalue weighted by atomic mass is 10.0. The molecule has 0 aliphatic heterocycles. The highest BCUT2D eigenvalue weighted by Gasteiger charge is 2.29. The molecule has 0 unspecified atom stereocenters. The van der Waals surface area contributed by atoms with Gasteiger partial charge in [-0.2, -0.15) is 5.10 Å². The molecule has 1 aliphatic carbocycles. The lowest BCUT2D eigenvalue weighted by Crippen LogP contribution is -2.24. The molecular formula is C33H31FN4O. The van der Waals surface area contributed by atoms with Crippen molar-refractivity contribution in [1.82, 2.24) is 20.5 Å². The average Bonchev–Trinajstić information content (AvgIpc) is 3.59. The second-order valence-corrected chi connectivity index (χ2v) is 9.60. The van der Waals surface area contributed by atoms with Crippen LogP contribution in [-0.2, 0) is 4.79 Å². The molecule has 0 radical (unpaired) electrons. The van der Waals surface area contributed by atoms with Crippen LogP contribution < -0.4 is 15.9 Å². The number of nitrogens with zero attached hydrogens (tertiary/aromatic N) is 1. The third-order valence-corrected chi connectivity index (χ3v) is 6.95. The number of rotatable bonds is 8. The monoisotopic (exact) mass is 518 g/mol. The highest BCUT2D eigenvalue weighted by atomic mass is 19.1. The predicted molar refractivity (Wildman–Crippen MR) is 157 cm³/mol. The van der Waals surface area contributed by atoms with Gasteiger partial charge in [0.1, 0.15) is 11.5 Å². The minimum atomic E-state index is -0.264. The van der Waals surface area contributed by atoms with Crippen LogP contribution in [0.25, 0.3) is 45.6 Å². The number of aromatic nitrogens is 3. The van der Waals surface area contributed by atoms with Gasteiger partial charge in [0.15, 0.2) is 0 Å². The summed E-state index contributed by atoms with van der Waals surface area (Å²) >= 11 is 0. The van der Waals surface area contributed by atoms with Gasteiger partial charge in [0.05, 0.1) is 11.0 Å². The largest absolute Gasteiger partial charge is 0.353 e. The van der Waals surface area contributed by atoms with E-state index in [9.17, 15) is 9.18 Å². The van der Waals surface area contributed by atoms with Gasteiger partial charge in [-0.3, -0.25) is 9.89 Å². The molecule has 4 aromatic rings. The number of hydrogen-bond acceptors (Lipinski definition) is 2. The Bertz CT molecular complexity index is 1780. The van der Waals surface area contributed by atoms with E-state index in [2.05, 4.69) is 33.7 Å². The van der Waals surface area contributed by atoms with Crippen LogP contribution in [0, 0.1) is 11.7 Å². The normalized spacial score (nSPS) is 15.2. The van der Waals surface area contributed by atoms with E-state index in [4.69, 9.17) is 0 Å². The Morgan fingerprint density at radius 3 is 2.59 bits per heavy atom. The first-order chi connectivity index (χ1) is 18.9. The molecule has 196 valence electrons. The van der Waals surface area contributed by atoms with Crippen LogP contribution in [0.5, 0.6) is 0 Å². The SMILES string of the molecule is C=C/C(=C\C(=C/C)C(=C)/C=c1/c(-c2cc3c(-c4ccccc4F)cccc3[nH]2)n[nH]/c1=C/C)NC(=O)C1CC1. The van der Waals surface area contributed by atoms with Gasteiger partial charge in [0, 0.05) is 33.3 Å². The van der Waals surface area contributed by atoms with Crippen LogP contribution in [0.3, 0.4) is 0 Å². The second kappa shape index (κ2) is 11.0. The van der Waals surface area contributed by atoms with Crippen LogP contribution in [0.4, 0.5) is 4.39 Å². The highest BCUT2D eigenvalue weighted by molar-refractivity contribution is 5.98. The van der Waals surface area contributed by atoms with Crippen molar-refractivity contribution in [2.75, 3.05) is 0 Å². The minimum absolute atomic E-state index is 0.0275. The predicted octanol–water partition coefficient (Wildman–Crippen LogP) is 6.04. The van der Waals surface area contributed by atoms with Crippen molar-refractivity contribution in [2.24, 2.45) is 5.92 Å². The summed E-state index contributed by atoms with van der Waals surface area (Å²) in [6.45, 7) is 12.0. The van der Waals surface area contributed by atoms with Crippen molar-refractivity contribution in [3.63, 3.8) is 0 Å². The van der Waals surface area contributed by atoms with Gasteiger partial charge in [-0.1, -0.05) is 55.6 Å². The fourth-order valence-electron chi connectivity index (χ4n) is 4.66. The molecule has 1 aliphatic rings. The molecule has 0 atom stereocenters. The zero-order chi connectivity index (χ0) is 27.5. The maximum absolute atomic E-state index is 14.6. The number of benzene rings is 2. The molecule has 0 spiro atoms. The number of halogens is 1. The minimum Gasteiger partial charge on any atom is -0.353 e.